The molecule has 0 spiro atoms. The molecule has 0 fully saturated rings. The predicted octanol–water partition coefficient (Wildman–Crippen LogP) is 4.31. The Morgan fingerprint density at radius 3 is 2.48 bits per heavy atom. The first-order valence-corrected chi connectivity index (χ1v) is 8.80. The minimum Gasteiger partial charge on any atom is -0.322 e. The van der Waals surface area contributed by atoms with Gasteiger partial charge >= 0.3 is 0 Å². The molecule has 5 heteroatoms. The van der Waals surface area contributed by atoms with E-state index in [1.54, 1.807) is 54.4 Å². The van der Waals surface area contributed by atoms with Crippen molar-refractivity contribution in [3.8, 4) is 0 Å². The molecule has 0 bridgehead atoms. The molecule has 0 aliphatic carbocycles. The van der Waals surface area contributed by atoms with Crippen LogP contribution < -0.4 is 10.2 Å². The van der Waals surface area contributed by atoms with Crippen LogP contribution in [0.1, 0.15) is 33.3 Å². The Balaban J connectivity index is 1.82. The van der Waals surface area contributed by atoms with E-state index < -0.39 is 0 Å². The molecule has 0 saturated carbocycles. The maximum Gasteiger partial charge on any atom is 0.258 e. The van der Waals surface area contributed by atoms with Crippen molar-refractivity contribution in [2.75, 3.05) is 16.8 Å². The highest BCUT2D eigenvalue weighted by atomic mass is 16.2. The van der Waals surface area contributed by atoms with Gasteiger partial charge in [-0.2, -0.15) is 0 Å². The maximum absolute atomic E-state index is 12.9. The van der Waals surface area contributed by atoms with Crippen LogP contribution in [-0.2, 0) is 0 Å². The number of aryl methyl sites for hydroxylation is 1. The topological polar surface area (TPSA) is 62.3 Å². The van der Waals surface area contributed by atoms with E-state index in [2.05, 4.69) is 10.3 Å². The van der Waals surface area contributed by atoms with Crippen molar-refractivity contribution in [3.05, 3.63) is 89.7 Å². The number of pyridine rings is 1. The summed E-state index contributed by atoms with van der Waals surface area (Å²) in [5, 5.41) is 2.84. The van der Waals surface area contributed by atoms with Crippen molar-refractivity contribution in [1.29, 1.82) is 0 Å². The van der Waals surface area contributed by atoms with Crippen LogP contribution in [0.4, 0.5) is 11.4 Å². The summed E-state index contributed by atoms with van der Waals surface area (Å²) in [4.78, 5) is 31.3. The number of para-hydroxylation sites is 1. The van der Waals surface area contributed by atoms with E-state index in [4.69, 9.17) is 0 Å². The highest BCUT2D eigenvalue weighted by molar-refractivity contribution is 6.08. The van der Waals surface area contributed by atoms with Gasteiger partial charge in [-0.15, -0.1) is 0 Å². The third-order valence-electron chi connectivity index (χ3n) is 4.25. The number of nitrogens with one attached hydrogen (secondary N) is 1. The first-order chi connectivity index (χ1) is 13.1. The maximum atomic E-state index is 12.9. The van der Waals surface area contributed by atoms with Crippen molar-refractivity contribution < 1.29 is 9.59 Å². The summed E-state index contributed by atoms with van der Waals surface area (Å²) in [5.74, 6) is -0.363. The molecule has 3 aromatic rings. The predicted molar refractivity (Wildman–Crippen MR) is 107 cm³/mol. The molecule has 27 heavy (non-hydrogen) atoms. The molecule has 0 radical (unpaired) electrons. The fourth-order valence-electron chi connectivity index (χ4n) is 2.86. The molecule has 136 valence electrons. The SMILES string of the molecule is CCN(C(=O)c1cccc(NC(=O)c2cccnc2C)c1)c1ccccc1. The van der Waals surface area contributed by atoms with Crippen molar-refractivity contribution in [2.45, 2.75) is 13.8 Å². The minimum absolute atomic E-state index is 0.114. The summed E-state index contributed by atoms with van der Waals surface area (Å²) < 4.78 is 0. The van der Waals surface area contributed by atoms with Crippen molar-refractivity contribution in [1.82, 2.24) is 4.98 Å². The quantitative estimate of drug-likeness (QED) is 0.738. The van der Waals surface area contributed by atoms with Gasteiger partial charge in [0.05, 0.1) is 5.56 Å². The van der Waals surface area contributed by atoms with Crippen molar-refractivity contribution in [2.24, 2.45) is 0 Å². The monoisotopic (exact) mass is 359 g/mol. The average Bonchev–Trinajstić information content (AvgIpc) is 2.70. The molecule has 0 atom stereocenters. The number of nitrogens with zero attached hydrogens (tertiary/aromatic N) is 2. The van der Waals surface area contributed by atoms with E-state index in [0.717, 1.165) is 5.69 Å². The fourth-order valence-corrected chi connectivity index (χ4v) is 2.86. The second-order valence-corrected chi connectivity index (χ2v) is 6.06. The van der Waals surface area contributed by atoms with Gasteiger partial charge in [-0.05, 0) is 56.3 Å². The summed E-state index contributed by atoms with van der Waals surface area (Å²) in [6, 6.07) is 19.9. The molecule has 0 saturated heterocycles. The molecule has 2 aromatic carbocycles. The first-order valence-electron chi connectivity index (χ1n) is 8.80. The Labute approximate surface area is 158 Å². The number of benzene rings is 2. The number of amides is 2. The standard InChI is InChI=1S/C22H21N3O2/c1-3-25(19-11-5-4-6-12-19)22(27)17-9-7-10-18(15-17)24-21(26)20-13-8-14-23-16(20)2/h4-15H,3H2,1-2H3,(H,24,26). The summed E-state index contributed by atoms with van der Waals surface area (Å²) in [5.41, 5.74) is 3.09. The lowest BCUT2D eigenvalue weighted by Crippen LogP contribution is -2.30. The van der Waals surface area contributed by atoms with Crippen molar-refractivity contribution >= 4 is 23.2 Å². The Morgan fingerprint density at radius 1 is 1.00 bits per heavy atom. The van der Waals surface area contributed by atoms with E-state index in [-0.39, 0.29) is 11.8 Å². The second-order valence-electron chi connectivity index (χ2n) is 6.06. The third kappa shape index (κ3) is 4.20. The Bertz CT molecular complexity index is 955. The van der Waals surface area contributed by atoms with Crippen LogP contribution in [0.25, 0.3) is 0 Å². The lowest BCUT2D eigenvalue weighted by atomic mass is 10.1. The number of rotatable bonds is 5. The van der Waals surface area contributed by atoms with Crippen LogP contribution in [0.3, 0.4) is 0 Å². The highest BCUT2D eigenvalue weighted by Gasteiger charge is 2.17. The van der Waals surface area contributed by atoms with E-state index in [0.29, 0.717) is 29.1 Å². The zero-order valence-electron chi connectivity index (χ0n) is 15.3. The van der Waals surface area contributed by atoms with Crippen LogP contribution in [0.15, 0.2) is 72.9 Å². The van der Waals surface area contributed by atoms with E-state index in [9.17, 15) is 9.59 Å². The van der Waals surface area contributed by atoms with Gasteiger partial charge in [-0.25, -0.2) is 0 Å². The van der Waals surface area contributed by atoms with Gasteiger partial charge in [-0.1, -0.05) is 24.3 Å². The number of aromatic nitrogens is 1. The number of hydrogen-bond donors (Lipinski definition) is 1. The number of carbonyl (C=O) groups excluding carboxylic acids is 2. The molecule has 5 nitrogen and oxygen atoms in total. The van der Waals surface area contributed by atoms with E-state index in [1.165, 1.54) is 0 Å². The van der Waals surface area contributed by atoms with Crippen LogP contribution in [-0.4, -0.2) is 23.3 Å². The number of carbonyl (C=O) groups is 2. The van der Waals surface area contributed by atoms with Crippen molar-refractivity contribution in [3.63, 3.8) is 0 Å². The highest BCUT2D eigenvalue weighted by Crippen LogP contribution is 2.19. The van der Waals surface area contributed by atoms with Crippen LogP contribution in [0.2, 0.25) is 0 Å². The smallest absolute Gasteiger partial charge is 0.258 e. The van der Waals surface area contributed by atoms with Gasteiger partial charge in [0, 0.05) is 35.4 Å². The zero-order valence-corrected chi connectivity index (χ0v) is 15.3. The summed E-state index contributed by atoms with van der Waals surface area (Å²) in [7, 11) is 0. The third-order valence-corrected chi connectivity index (χ3v) is 4.25. The van der Waals surface area contributed by atoms with Gasteiger partial charge in [0.25, 0.3) is 11.8 Å². The van der Waals surface area contributed by atoms with Gasteiger partial charge in [-0.3, -0.25) is 14.6 Å². The van der Waals surface area contributed by atoms with Gasteiger partial charge in [0.15, 0.2) is 0 Å². The van der Waals surface area contributed by atoms with Crippen LogP contribution >= 0.6 is 0 Å². The average molecular weight is 359 g/mol. The summed E-state index contributed by atoms with van der Waals surface area (Å²) in [6.07, 6.45) is 1.65. The molecule has 0 aliphatic rings. The molecule has 1 aromatic heterocycles. The number of anilines is 2. The molecule has 0 unspecified atom stereocenters. The largest absolute Gasteiger partial charge is 0.322 e. The van der Waals surface area contributed by atoms with Crippen LogP contribution in [0, 0.1) is 6.92 Å². The Kier molecular flexibility index (Phi) is 5.61. The minimum atomic E-state index is -0.249. The molecular weight excluding hydrogens is 338 g/mol. The zero-order chi connectivity index (χ0) is 19.2. The second kappa shape index (κ2) is 8.27. The number of hydrogen-bond acceptors (Lipinski definition) is 3. The molecular formula is C22H21N3O2. The van der Waals surface area contributed by atoms with Gasteiger partial charge in [0.2, 0.25) is 0 Å². The molecule has 1 N–H and O–H groups in total. The van der Waals surface area contributed by atoms with Gasteiger partial charge in [0.1, 0.15) is 0 Å². The van der Waals surface area contributed by atoms with Crippen LogP contribution in [0.5, 0.6) is 0 Å². The molecule has 3 rings (SSSR count). The first kappa shape index (κ1) is 18.3. The lowest BCUT2D eigenvalue weighted by molar-refractivity contribution is 0.0985. The Hall–Kier alpha value is -3.47. The molecule has 0 aliphatic heterocycles. The molecule has 1 heterocycles. The Morgan fingerprint density at radius 2 is 1.78 bits per heavy atom. The van der Waals surface area contributed by atoms with E-state index in [1.807, 2.05) is 37.3 Å². The van der Waals surface area contributed by atoms with Gasteiger partial charge < -0.3 is 10.2 Å². The summed E-state index contributed by atoms with van der Waals surface area (Å²) in [6.45, 7) is 4.27. The molecule has 2 amide bonds. The summed E-state index contributed by atoms with van der Waals surface area (Å²) >= 11 is 0. The van der Waals surface area contributed by atoms with E-state index >= 15 is 0 Å². The normalized spacial score (nSPS) is 10.3. The lowest BCUT2D eigenvalue weighted by Gasteiger charge is -2.21. The fraction of sp³-hybridized carbons (Fsp3) is 0.136.